The summed E-state index contributed by atoms with van der Waals surface area (Å²) in [4.78, 5) is 0.125. The number of benzene rings is 1. The summed E-state index contributed by atoms with van der Waals surface area (Å²) in [5, 5.41) is 9.48. The fourth-order valence-electron chi connectivity index (χ4n) is 1.51. The van der Waals surface area contributed by atoms with E-state index >= 15 is 0 Å². The summed E-state index contributed by atoms with van der Waals surface area (Å²) < 4.78 is 26.8. The molecule has 4 nitrogen and oxygen atoms in total. The zero-order valence-corrected chi connectivity index (χ0v) is 12.3. The third-order valence-electron chi connectivity index (χ3n) is 2.57. The lowest BCUT2D eigenvalue weighted by atomic mass is 10.1. The zero-order chi connectivity index (χ0) is 13.9. The van der Waals surface area contributed by atoms with E-state index in [2.05, 4.69) is 4.72 Å². The second-order valence-corrected chi connectivity index (χ2v) is 6.76. The van der Waals surface area contributed by atoms with Crippen LogP contribution in [0.5, 0.6) is 0 Å². The van der Waals surface area contributed by atoms with Gasteiger partial charge in [0.2, 0.25) is 10.0 Å². The fourth-order valence-corrected chi connectivity index (χ4v) is 3.34. The van der Waals surface area contributed by atoms with Crippen molar-refractivity contribution in [2.24, 2.45) is 5.92 Å². The SMILES string of the molecule is Cc1c(CO)cc(Cl)cc1S(=O)(=O)NCC(C)C. The summed E-state index contributed by atoms with van der Waals surface area (Å²) in [6, 6.07) is 2.97. The molecule has 0 aliphatic rings. The molecule has 0 saturated heterocycles. The van der Waals surface area contributed by atoms with Gasteiger partial charge in [-0.05, 0) is 36.1 Å². The first kappa shape index (κ1) is 15.4. The minimum Gasteiger partial charge on any atom is -0.392 e. The zero-order valence-electron chi connectivity index (χ0n) is 10.7. The third kappa shape index (κ3) is 3.68. The van der Waals surface area contributed by atoms with E-state index in [0.717, 1.165) is 0 Å². The van der Waals surface area contributed by atoms with Gasteiger partial charge in [0.1, 0.15) is 0 Å². The molecule has 1 aromatic carbocycles. The van der Waals surface area contributed by atoms with Gasteiger partial charge in [-0.25, -0.2) is 13.1 Å². The van der Waals surface area contributed by atoms with Gasteiger partial charge < -0.3 is 5.11 Å². The average molecular weight is 292 g/mol. The van der Waals surface area contributed by atoms with Crippen molar-refractivity contribution in [1.82, 2.24) is 4.72 Å². The Balaban J connectivity index is 3.20. The Bertz CT molecular complexity index is 526. The molecule has 0 unspecified atom stereocenters. The lowest BCUT2D eigenvalue weighted by molar-refractivity contribution is 0.280. The molecule has 18 heavy (non-hydrogen) atoms. The number of hydrogen-bond donors (Lipinski definition) is 2. The molecule has 6 heteroatoms. The number of halogens is 1. The molecule has 0 spiro atoms. The first-order valence-electron chi connectivity index (χ1n) is 5.67. The van der Waals surface area contributed by atoms with Gasteiger partial charge >= 0.3 is 0 Å². The predicted octanol–water partition coefficient (Wildman–Crippen LogP) is 2.08. The lowest BCUT2D eigenvalue weighted by Gasteiger charge is -2.13. The first-order chi connectivity index (χ1) is 8.27. The normalized spacial score (nSPS) is 12.1. The van der Waals surface area contributed by atoms with E-state index in [-0.39, 0.29) is 17.4 Å². The minimum atomic E-state index is -3.59. The van der Waals surface area contributed by atoms with Gasteiger partial charge in [-0.1, -0.05) is 25.4 Å². The van der Waals surface area contributed by atoms with Crippen LogP contribution in [0.2, 0.25) is 5.02 Å². The van der Waals surface area contributed by atoms with Crippen molar-refractivity contribution < 1.29 is 13.5 Å². The van der Waals surface area contributed by atoms with Crippen LogP contribution < -0.4 is 4.72 Å². The van der Waals surface area contributed by atoms with E-state index in [1.54, 1.807) is 13.0 Å². The van der Waals surface area contributed by atoms with Gasteiger partial charge in [0.15, 0.2) is 0 Å². The van der Waals surface area contributed by atoms with Gasteiger partial charge in [-0.3, -0.25) is 0 Å². The summed E-state index contributed by atoms with van der Waals surface area (Å²) in [7, 11) is -3.59. The molecule has 0 aliphatic carbocycles. The Morgan fingerprint density at radius 1 is 1.39 bits per heavy atom. The predicted molar refractivity (Wildman–Crippen MR) is 72.1 cm³/mol. The minimum absolute atomic E-state index is 0.125. The van der Waals surface area contributed by atoms with Gasteiger partial charge in [0.05, 0.1) is 11.5 Å². The maximum atomic E-state index is 12.1. The van der Waals surface area contributed by atoms with Crippen LogP contribution in [0.25, 0.3) is 0 Å². The maximum Gasteiger partial charge on any atom is 0.240 e. The number of sulfonamides is 1. The highest BCUT2D eigenvalue weighted by molar-refractivity contribution is 7.89. The van der Waals surface area contributed by atoms with Crippen LogP contribution in [0.1, 0.15) is 25.0 Å². The quantitative estimate of drug-likeness (QED) is 0.873. The maximum absolute atomic E-state index is 12.1. The summed E-state index contributed by atoms with van der Waals surface area (Å²) in [6.07, 6.45) is 0. The first-order valence-corrected chi connectivity index (χ1v) is 7.53. The largest absolute Gasteiger partial charge is 0.392 e. The molecule has 1 aromatic rings. The van der Waals surface area contributed by atoms with E-state index in [9.17, 15) is 13.5 Å². The number of rotatable bonds is 5. The van der Waals surface area contributed by atoms with Gasteiger partial charge in [0, 0.05) is 11.6 Å². The fraction of sp³-hybridized carbons (Fsp3) is 0.500. The standard InChI is InChI=1S/C12H18ClNO3S/c1-8(2)6-14-18(16,17)12-5-11(13)4-10(7-15)9(12)3/h4-5,8,14-15H,6-7H2,1-3H3. The van der Waals surface area contributed by atoms with E-state index in [1.165, 1.54) is 6.07 Å². The Kier molecular flexibility index (Phi) is 5.16. The third-order valence-corrected chi connectivity index (χ3v) is 4.34. The molecule has 1 rings (SSSR count). The van der Waals surface area contributed by atoms with Crippen molar-refractivity contribution in [3.63, 3.8) is 0 Å². The Morgan fingerprint density at radius 3 is 2.50 bits per heavy atom. The van der Waals surface area contributed by atoms with E-state index in [4.69, 9.17) is 11.6 Å². The van der Waals surface area contributed by atoms with Crippen molar-refractivity contribution in [3.05, 3.63) is 28.3 Å². The molecule has 0 radical (unpaired) electrons. The monoisotopic (exact) mass is 291 g/mol. The molecule has 0 bridgehead atoms. The number of aliphatic hydroxyl groups is 1. The van der Waals surface area contributed by atoms with Crippen LogP contribution in [0.15, 0.2) is 17.0 Å². The van der Waals surface area contributed by atoms with Crippen LogP contribution >= 0.6 is 11.6 Å². The molecule has 0 amide bonds. The molecule has 0 atom stereocenters. The summed E-state index contributed by atoms with van der Waals surface area (Å²) in [6.45, 7) is 5.63. The molecule has 2 N–H and O–H groups in total. The molecule has 0 aliphatic heterocycles. The Morgan fingerprint density at radius 2 is 2.00 bits per heavy atom. The Labute approximate surface area is 113 Å². The number of nitrogens with one attached hydrogen (secondary N) is 1. The highest BCUT2D eigenvalue weighted by Gasteiger charge is 2.19. The smallest absolute Gasteiger partial charge is 0.240 e. The van der Waals surface area contributed by atoms with Crippen LogP contribution in [0, 0.1) is 12.8 Å². The molecular formula is C12H18ClNO3S. The molecule has 0 heterocycles. The lowest BCUT2D eigenvalue weighted by Crippen LogP contribution is -2.28. The summed E-state index contributed by atoms with van der Waals surface area (Å²) >= 11 is 5.87. The van der Waals surface area contributed by atoms with Crippen LogP contribution in [0.4, 0.5) is 0 Å². The van der Waals surface area contributed by atoms with Crippen molar-refractivity contribution in [1.29, 1.82) is 0 Å². The average Bonchev–Trinajstić information content (AvgIpc) is 2.29. The highest BCUT2D eigenvalue weighted by atomic mass is 35.5. The van der Waals surface area contributed by atoms with Crippen molar-refractivity contribution in [3.8, 4) is 0 Å². The van der Waals surface area contributed by atoms with E-state index < -0.39 is 10.0 Å². The van der Waals surface area contributed by atoms with Gasteiger partial charge in [-0.15, -0.1) is 0 Å². The van der Waals surface area contributed by atoms with Crippen molar-refractivity contribution >= 4 is 21.6 Å². The Hall–Kier alpha value is -0.620. The van der Waals surface area contributed by atoms with Crippen LogP contribution in [-0.2, 0) is 16.6 Å². The second-order valence-electron chi connectivity index (χ2n) is 4.59. The highest BCUT2D eigenvalue weighted by Crippen LogP contribution is 2.24. The topological polar surface area (TPSA) is 66.4 Å². The van der Waals surface area contributed by atoms with Crippen LogP contribution in [0.3, 0.4) is 0 Å². The van der Waals surface area contributed by atoms with Crippen LogP contribution in [-0.4, -0.2) is 20.1 Å². The molecular weight excluding hydrogens is 274 g/mol. The molecule has 0 aromatic heterocycles. The molecule has 102 valence electrons. The summed E-state index contributed by atoms with van der Waals surface area (Å²) in [5.74, 6) is 0.219. The van der Waals surface area contributed by atoms with Crippen molar-refractivity contribution in [2.75, 3.05) is 6.54 Å². The molecule has 0 fully saturated rings. The summed E-state index contributed by atoms with van der Waals surface area (Å²) in [5.41, 5.74) is 1.05. The second kappa shape index (κ2) is 6.02. The number of hydrogen-bond acceptors (Lipinski definition) is 3. The molecule has 0 saturated carbocycles. The van der Waals surface area contributed by atoms with Gasteiger partial charge in [0.25, 0.3) is 0 Å². The number of aliphatic hydroxyl groups excluding tert-OH is 1. The van der Waals surface area contributed by atoms with Crippen molar-refractivity contribution in [2.45, 2.75) is 32.3 Å². The van der Waals surface area contributed by atoms with E-state index in [1.807, 2.05) is 13.8 Å². The van der Waals surface area contributed by atoms with E-state index in [0.29, 0.717) is 22.7 Å². The van der Waals surface area contributed by atoms with Gasteiger partial charge in [-0.2, -0.15) is 0 Å².